The van der Waals surface area contributed by atoms with Gasteiger partial charge in [0.25, 0.3) is 5.69 Å². The molecule has 0 saturated heterocycles. The Balaban J connectivity index is 2.12. The van der Waals surface area contributed by atoms with Crippen LogP contribution >= 0.6 is 0 Å². The molecule has 2 aromatic carbocycles. The molecule has 0 aromatic heterocycles. The normalized spacial score (nSPS) is 10.2. The fraction of sp³-hybridized carbons (Fsp3) is 0.188. The predicted octanol–water partition coefficient (Wildman–Crippen LogP) is 3.79. The third kappa shape index (κ3) is 4.26. The Morgan fingerprint density at radius 2 is 1.87 bits per heavy atom. The number of nitro benzene ring substituents is 1. The average Bonchev–Trinajstić information content (AvgIpc) is 2.54. The highest BCUT2D eigenvalue weighted by Crippen LogP contribution is 2.20. The van der Waals surface area contributed by atoms with Crippen molar-refractivity contribution in [2.24, 2.45) is 0 Å². The molecule has 2 rings (SSSR count). The first kappa shape index (κ1) is 16.4. The standard InChI is InChI=1S/C16H16FN3O3/c1-2-19(11-12-5-3-4-6-15(12)20(22)23)16(21)18-14-9-7-13(17)8-10-14/h3-10H,2,11H2,1H3,(H,18,21). The van der Waals surface area contributed by atoms with Gasteiger partial charge in [-0.3, -0.25) is 10.1 Å². The van der Waals surface area contributed by atoms with Gasteiger partial charge in [0, 0.05) is 23.9 Å². The number of carbonyl (C=O) groups is 1. The maximum absolute atomic E-state index is 12.9. The summed E-state index contributed by atoms with van der Waals surface area (Å²) in [6.07, 6.45) is 0. The van der Waals surface area contributed by atoms with Crippen LogP contribution in [0.4, 0.5) is 20.6 Å². The molecule has 1 N–H and O–H groups in total. The van der Waals surface area contributed by atoms with E-state index in [0.29, 0.717) is 17.8 Å². The second kappa shape index (κ2) is 7.35. The number of benzene rings is 2. The molecule has 0 bridgehead atoms. The van der Waals surface area contributed by atoms with Crippen molar-refractivity contribution in [3.63, 3.8) is 0 Å². The Morgan fingerprint density at radius 3 is 2.48 bits per heavy atom. The summed E-state index contributed by atoms with van der Waals surface area (Å²) in [5, 5.41) is 13.7. The van der Waals surface area contributed by atoms with Gasteiger partial charge in [-0.2, -0.15) is 0 Å². The zero-order chi connectivity index (χ0) is 16.8. The minimum absolute atomic E-state index is 0.0273. The van der Waals surface area contributed by atoms with Gasteiger partial charge < -0.3 is 10.2 Å². The number of hydrogen-bond donors (Lipinski definition) is 1. The average molecular weight is 317 g/mol. The van der Waals surface area contributed by atoms with E-state index in [9.17, 15) is 19.3 Å². The van der Waals surface area contributed by atoms with Crippen molar-refractivity contribution in [2.75, 3.05) is 11.9 Å². The quantitative estimate of drug-likeness (QED) is 0.673. The lowest BCUT2D eigenvalue weighted by Gasteiger charge is -2.21. The summed E-state index contributed by atoms with van der Waals surface area (Å²) in [6, 6.07) is 11.3. The van der Waals surface area contributed by atoms with Gasteiger partial charge in [-0.15, -0.1) is 0 Å². The first-order valence-corrected chi connectivity index (χ1v) is 7.05. The molecule has 2 aromatic rings. The summed E-state index contributed by atoms with van der Waals surface area (Å²) in [5.74, 6) is -0.393. The van der Waals surface area contributed by atoms with Gasteiger partial charge in [-0.1, -0.05) is 18.2 Å². The highest BCUT2D eigenvalue weighted by molar-refractivity contribution is 5.89. The van der Waals surface area contributed by atoms with Gasteiger partial charge in [-0.05, 0) is 31.2 Å². The van der Waals surface area contributed by atoms with E-state index in [1.807, 2.05) is 0 Å². The van der Waals surface area contributed by atoms with Crippen molar-refractivity contribution in [1.29, 1.82) is 0 Å². The number of nitrogens with zero attached hydrogens (tertiary/aromatic N) is 2. The molecule has 0 aliphatic rings. The number of halogens is 1. The lowest BCUT2D eigenvalue weighted by molar-refractivity contribution is -0.385. The number of urea groups is 1. The van der Waals surface area contributed by atoms with E-state index >= 15 is 0 Å². The van der Waals surface area contributed by atoms with Crippen LogP contribution in [-0.4, -0.2) is 22.4 Å². The summed E-state index contributed by atoms with van der Waals surface area (Å²) in [5.41, 5.74) is 0.881. The van der Waals surface area contributed by atoms with Crippen LogP contribution in [0, 0.1) is 15.9 Å². The lowest BCUT2D eigenvalue weighted by Crippen LogP contribution is -2.34. The van der Waals surface area contributed by atoms with Crippen molar-refractivity contribution < 1.29 is 14.1 Å². The van der Waals surface area contributed by atoms with Crippen LogP contribution in [0.2, 0.25) is 0 Å². The Bertz CT molecular complexity index is 704. The van der Waals surface area contributed by atoms with Gasteiger partial charge >= 0.3 is 6.03 Å². The van der Waals surface area contributed by atoms with Crippen molar-refractivity contribution in [1.82, 2.24) is 4.90 Å². The number of amides is 2. The third-order valence-electron chi connectivity index (χ3n) is 3.31. The molecule has 0 spiro atoms. The largest absolute Gasteiger partial charge is 0.322 e. The first-order valence-electron chi connectivity index (χ1n) is 7.05. The highest BCUT2D eigenvalue weighted by Gasteiger charge is 2.18. The molecule has 0 atom stereocenters. The fourth-order valence-electron chi connectivity index (χ4n) is 2.09. The molecular weight excluding hydrogens is 301 g/mol. The SMILES string of the molecule is CCN(Cc1ccccc1[N+](=O)[O-])C(=O)Nc1ccc(F)cc1. The minimum Gasteiger partial charge on any atom is -0.320 e. The number of para-hydroxylation sites is 1. The number of anilines is 1. The van der Waals surface area contributed by atoms with E-state index in [4.69, 9.17) is 0 Å². The van der Waals surface area contributed by atoms with Crippen molar-refractivity contribution in [3.05, 3.63) is 70.0 Å². The van der Waals surface area contributed by atoms with Gasteiger partial charge in [0.05, 0.1) is 11.5 Å². The molecule has 7 heteroatoms. The van der Waals surface area contributed by atoms with Crippen LogP contribution in [0.15, 0.2) is 48.5 Å². The molecule has 0 radical (unpaired) electrons. The summed E-state index contributed by atoms with van der Waals surface area (Å²) >= 11 is 0. The molecular formula is C16H16FN3O3. The summed E-state index contributed by atoms with van der Waals surface area (Å²) in [6.45, 7) is 2.26. The number of nitrogens with one attached hydrogen (secondary N) is 1. The van der Waals surface area contributed by atoms with Gasteiger partial charge in [0.2, 0.25) is 0 Å². The summed E-state index contributed by atoms with van der Waals surface area (Å²) < 4.78 is 12.9. The zero-order valence-corrected chi connectivity index (χ0v) is 12.5. The molecule has 0 aliphatic heterocycles. The summed E-state index contributed by atoms with van der Waals surface area (Å²) in [7, 11) is 0. The second-order valence-electron chi connectivity index (χ2n) is 4.84. The number of carbonyl (C=O) groups excluding carboxylic acids is 1. The molecule has 2 amide bonds. The van der Waals surface area contributed by atoms with Gasteiger partial charge in [0.15, 0.2) is 0 Å². The Kier molecular flexibility index (Phi) is 5.24. The molecule has 6 nitrogen and oxygen atoms in total. The summed E-state index contributed by atoms with van der Waals surface area (Å²) in [4.78, 5) is 24.3. The maximum atomic E-state index is 12.9. The van der Waals surface area contributed by atoms with E-state index in [1.54, 1.807) is 25.1 Å². The lowest BCUT2D eigenvalue weighted by atomic mass is 10.1. The molecule has 0 heterocycles. The third-order valence-corrected chi connectivity index (χ3v) is 3.31. The number of nitro groups is 1. The van der Waals surface area contributed by atoms with Crippen LogP contribution in [0.3, 0.4) is 0 Å². The van der Waals surface area contributed by atoms with Gasteiger partial charge in [0.1, 0.15) is 5.82 Å². The number of rotatable bonds is 5. The van der Waals surface area contributed by atoms with E-state index in [2.05, 4.69) is 5.32 Å². The van der Waals surface area contributed by atoms with E-state index in [1.165, 1.54) is 35.2 Å². The van der Waals surface area contributed by atoms with Crippen LogP contribution in [0.5, 0.6) is 0 Å². The van der Waals surface area contributed by atoms with Crippen molar-refractivity contribution in [3.8, 4) is 0 Å². The Hall–Kier alpha value is -2.96. The highest BCUT2D eigenvalue weighted by atomic mass is 19.1. The van der Waals surface area contributed by atoms with E-state index in [-0.39, 0.29) is 12.2 Å². The molecule has 0 unspecified atom stereocenters. The maximum Gasteiger partial charge on any atom is 0.322 e. The topological polar surface area (TPSA) is 75.5 Å². The molecule has 0 aliphatic carbocycles. The van der Waals surface area contributed by atoms with E-state index < -0.39 is 16.8 Å². The Labute approximate surface area is 132 Å². The van der Waals surface area contributed by atoms with Crippen molar-refractivity contribution >= 4 is 17.4 Å². The van der Waals surface area contributed by atoms with Gasteiger partial charge in [-0.25, -0.2) is 9.18 Å². The molecule has 23 heavy (non-hydrogen) atoms. The van der Waals surface area contributed by atoms with E-state index in [0.717, 1.165) is 0 Å². The van der Waals surface area contributed by atoms with Crippen LogP contribution in [0.1, 0.15) is 12.5 Å². The smallest absolute Gasteiger partial charge is 0.320 e. The molecule has 0 saturated carbocycles. The zero-order valence-electron chi connectivity index (χ0n) is 12.5. The molecule has 0 fully saturated rings. The monoisotopic (exact) mass is 317 g/mol. The number of hydrogen-bond acceptors (Lipinski definition) is 3. The Morgan fingerprint density at radius 1 is 1.22 bits per heavy atom. The van der Waals surface area contributed by atoms with Crippen LogP contribution < -0.4 is 5.32 Å². The second-order valence-corrected chi connectivity index (χ2v) is 4.84. The minimum atomic E-state index is -0.471. The molecule has 120 valence electrons. The van der Waals surface area contributed by atoms with Crippen LogP contribution in [-0.2, 0) is 6.54 Å². The van der Waals surface area contributed by atoms with Crippen LogP contribution in [0.25, 0.3) is 0 Å². The van der Waals surface area contributed by atoms with Crippen molar-refractivity contribution in [2.45, 2.75) is 13.5 Å². The fourth-order valence-corrected chi connectivity index (χ4v) is 2.09. The first-order chi connectivity index (χ1) is 11.0. The predicted molar refractivity (Wildman–Crippen MR) is 84.6 cm³/mol.